The van der Waals surface area contributed by atoms with Gasteiger partial charge in [-0.3, -0.25) is 9.78 Å². The first-order valence-corrected chi connectivity index (χ1v) is 3.52. The van der Waals surface area contributed by atoms with Crippen molar-refractivity contribution >= 4 is 0 Å². The molecule has 0 atom stereocenters. The van der Waals surface area contributed by atoms with E-state index in [-0.39, 0.29) is 5.56 Å². The Hall–Kier alpha value is -1.52. The van der Waals surface area contributed by atoms with Crippen LogP contribution >= 0.6 is 0 Å². The van der Waals surface area contributed by atoms with E-state index in [1.165, 1.54) is 10.9 Å². The van der Waals surface area contributed by atoms with E-state index in [0.717, 1.165) is 0 Å². The molecule has 0 fully saturated rings. The number of hydrogen-bond acceptors (Lipinski definition) is 3. The molecular weight excluding hydrogens is 158 g/mol. The van der Waals surface area contributed by atoms with Crippen LogP contribution in [0, 0.1) is 6.92 Å². The standard InChI is InChI=1S/C7H11N3O2/c1-5-4-10(9(2)3)7(12)8-6(5)11/h4H,1-3H3,(H,8,11,12). The van der Waals surface area contributed by atoms with Gasteiger partial charge in [-0.15, -0.1) is 0 Å². The van der Waals surface area contributed by atoms with Gasteiger partial charge in [-0.25, -0.2) is 9.47 Å². The number of aromatic nitrogens is 2. The fourth-order valence-electron chi connectivity index (χ4n) is 0.851. The lowest BCUT2D eigenvalue weighted by molar-refractivity contribution is 0.666. The van der Waals surface area contributed by atoms with Gasteiger partial charge in [-0.2, -0.15) is 0 Å². The van der Waals surface area contributed by atoms with Crippen LogP contribution in [0.15, 0.2) is 15.8 Å². The van der Waals surface area contributed by atoms with Gasteiger partial charge in [0.1, 0.15) is 0 Å². The summed E-state index contributed by atoms with van der Waals surface area (Å²) in [6, 6.07) is 0. The van der Waals surface area contributed by atoms with Gasteiger partial charge in [0.05, 0.1) is 0 Å². The van der Waals surface area contributed by atoms with Gasteiger partial charge in [0, 0.05) is 25.9 Å². The lowest BCUT2D eigenvalue weighted by Crippen LogP contribution is -2.40. The van der Waals surface area contributed by atoms with Crippen LogP contribution in [0.3, 0.4) is 0 Å². The van der Waals surface area contributed by atoms with Gasteiger partial charge in [0.2, 0.25) is 0 Å². The van der Waals surface area contributed by atoms with Gasteiger partial charge in [0.25, 0.3) is 5.56 Å². The highest BCUT2D eigenvalue weighted by atomic mass is 16.2. The Morgan fingerprint density at radius 1 is 1.42 bits per heavy atom. The molecular formula is C7H11N3O2. The van der Waals surface area contributed by atoms with Crippen molar-refractivity contribution in [1.29, 1.82) is 0 Å². The molecule has 12 heavy (non-hydrogen) atoms. The Bertz CT molecular complexity index is 388. The van der Waals surface area contributed by atoms with Crippen LogP contribution in [-0.4, -0.2) is 23.8 Å². The van der Waals surface area contributed by atoms with Crippen LogP contribution in [0.2, 0.25) is 0 Å². The van der Waals surface area contributed by atoms with Crippen LogP contribution in [0.5, 0.6) is 0 Å². The fraction of sp³-hybridized carbons (Fsp3) is 0.429. The zero-order valence-electron chi connectivity index (χ0n) is 7.29. The smallest absolute Gasteiger partial charge is 0.315 e. The summed E-state index contributed by atoms with van der Waals surface area (Å²) in [7, 11) is 3.44. The maximum atomic E-state index is 11.1. The molecule has 66 valence electrons. The molecule has 1 aromatic rings. The van der Waals surface area contributed by atoms with Crippen LogP contribution in [0.1, 0.15) is 5.56 Å². The molecule has 0 saturated carbocycles. The number of H-pyrrole nitrogens is 1. The average Bonchev–Trinajstić information content (AvgIpc) is 1.96. The SMILES string of the molecule is Cc1cn(N(C)C)c(=O)[nH]c1=O. The molecule has 0 amide bonds. The normalized spacial score (nSPS) is 9.92. The van der Waals surface area contributed by atoms with Crippen molar-refractivity contribution < 1.29 is 0 Å². The summed E-state index contributed by atoms with van der Waals surface area (Å²) >= 11 is 0. The first-order valence-electron chi connectivity index (χ1n) is 3.52. The molecule has 0 unspecified atom stereocenters. The lowest BCUT2D eigenvalue weighted by Gasteiger charge is -2.14. The van der Waals surface area contributed by atoms with Crippen molar-refractivity contribution in [3.63, 3.8) is 0 Å². The number of hydrogen-bond donors (Lipinski definition) is 1. The minimum atomic E-state index is -0.421. The summed E-state index contributed by atoms with van der Waals surface area (Å²) in [5, 5.41) is 1.59. The highest BCUT2D eigenvalue weighted by Gasteiger charge is 2.00. The minimum absolute atomic E-state index is 0.335. The third-order valence-corrected chi connectivity index (χ3v) is 1.53. The molecule has 1 N–H and O–H groups in total. The molecule has 0 aliphatic carbocycles. The predicted octanol–water partition coefficient (Wildman–Crippen LogP) is -0.957. The van der Waals surface area contributed by atoms with E-state index in [9.17, 15) is 9.59 Å². The van der Waals surface area contributed by atoms with Crippen LogP contribution in [0.25, 0.3) is 0 Å². The minimum Gasteiger partial charge on any atom is -0.315 e. The monoisotopic (exact) mass is 169 g/mol. The summed E-state index contributed by atoms with van der Waals surface area (Å²) in [5.74, 6) is 0. The Morgan fingerprint density at radius 2 is 2.00 bits per heavy atom. The molecule has 0 aromatic carbocycles. The number of aryl methyl sites for hydroxylation is 1. The number of nitrogens with zero attached hydrogens (tertiary/aromatic N) is 2. The zero-order valence-corrected chi connectivity index (χ0v) is 7.29. The summed E-state index contributed by atoms with van der Waals surface area (Å²) in [6.07, 6.45) is 1.50. The van der Waals surface area contributed by atoms with Crippen molar-refractivity contribution in [2.24, 2.45) is 0 Å². The molecule has 0 spiro atoms. The first-order chi connectivity index (χ1) is 5.52. The summed E-state index contributed by atoms with van der Waals surface area (Å²) in [6.45, 7) is 1.65. The van der Waals surface area contributed by atoms with Gasteiger partial charge in [-0.1, -0.05) is 0 Å². The van der Waals surface area contributed by atoms with Crippen molar-refractivity contribution in [2.45, 2.75) is 6.92 Å². The Morgan fingerprint density at radius 3 is 2.50 bits per heavy atom. The van der Waals surface area contributed by atoms with E-state index in [1.807, 2.05) is 0 Å². The van der Waals surface area contributed by atoms with Crippen molar-refractivity contribution in [1.82, 2.24) is 9.66 Å². The Labute approximate surface area is 69.2 Å². The third-order valence-electron chi connectivity index (χ3n) is 1.53. The molecule has 5 nitrogen and oxygen atoms in total. The van der Waals surface area contributed by atoms with E-state index in [0.29, 0.717) is 5.56 Å². The molecule has 0 bridgehead atoms. The maximum Gasteiger partial charge on any atom is 0.347 e. The van der Waals surface area contributed by atoms with E-state index >= 15 is 0 Å². The Balaban J connectivity index is 3.44. The fourth-order valence-corrected chi connectivity index (χ4v) is 0.851. The highest BCUT2D eigenvalue weighted by molar-refractivity contribution is 5.02. The molecule has 0 saturated heterocycles. The third kappa shape index (κ3) is 1.39. The highest BCUT2D eigenvalue weighted by Crippen LogP contribution is 1.82. The van der Waals surface area contributed by atoms with Crippen molar-refractivity contribution in [3.05, 3.63) is 32.6 Å². The van der Waals surface area contributed by atoms with Gasteiger partial charge < -0.3 is 5.01 Å². The summed E-state index contributed by atoms with van der Waals surface area (Å²) < 4.78 is 1.33. The van der Waals surface area contributed by atoms with E-state index in [1.54, 1.807) is 26.0 Å². The van der Waals surface area contributed by atoms with E-state index in [4.69, 9.17) is 0 Å². The molecule has 0 aliphatic rings. The summed E-state index contributed by atoms with van der Waals surface area (Å²) in [4.78, 5) is 24.2. The molecule has 1 aromatic heterocycles. The largest absolute Gasteiger partial charge is 0.347 e. The topological polar surface area (TPSA) is 58.1 Å². The second-order valence-electron chi connectivity index (χ2n) is 2.76. The summed E-state index contributed by atoms with van der Waals surface area (Å²) in [5.41, 5.74) is -0.239. The predicted molar refractivity (Wildman–Crippen MR) is 46.1 cm³/mol. The second-order valence-corrected chi connectivity index (χ2v) is 2.76. The average molecular weight is 169 g/mol. The van der Waals surface area contributed by atoms with Crippen LogP contribution < -0.4 is 16.3 Å². The number of aromatic amines is 1. The second kappa shape index (κ2) is 2.84. The van der Waals surface area contributed by atoms with E-state index < -0.39 is 5.69 Å². The quantitative estimate of drug-likeness (QED) is 0.589. The molecule has 1 rings (SSSR count). The van der Waals surface area contributed by atoms with Gasteiger partial charge >= 0.3 is 5.69 Å². The van der Waals surface area contributed by atoms with Gasteiger partial charge in [-0.05, 0) is 6.92 Å². The molecule has 0 radical (unpaired) electrons. The van der Waals surface area contributed by atoms with Gasteiger partial charge in [0.15, 0.2) is 0 Å². The first kappa shape index (κ1) is 8.58. The van der Waals surface area contributed by atoms with E-state index in [2.05, 4.69) is 4.98 Å². The zero-order chi connectivity index (χ0) is 9.30. The van der Waals surface area contributed by atoms with Crippen LogP contribution in [0.4, 0.5) is 0 Å². The molecule has 5 heteroatoms. The maximum absolute atomic E-state index is 11.1. The molecule has 0 aliphatic heterocycles. The van der Waals surface area contributed by atoms with Crippen LogP contribution in [-0.2, 0) is 0 Å². The Kier molecular flexibility index (Phi) is 2.03. The number of rotatable bonds is 1. The lowest BCUT2D eigenvalue weighted by atomic mass is 10.4. The van der Waals surface area contributed by atoms with Crippen molar-refractivity contribution in [3.8, 4) is 0 Å². The molecule has 1 heterocycles. The van der Waals surface area contributed by atoms with Crippen molar-refractivity contribution in [2.75, 3.05) is 19.1 Å². The number of nitrogens with one attached hydrogen (secondary N) is 1.